The average Bonchev–Trinajstić information content (AvgIpc) is 1.81. The molecule has 38 valence electrons. The summed E-state index contributed by atoms with van der Waals surface area (Å²) in [6, 6.07) is 0. The molecule has 0 fully saturated rings. The van der Waals surface area contributed by atoms with Gasteiger partial charge >= 0.3 is 29.6 Å². The van der Waals surface area contributed by atoms with Gasteiger partial charge in [-0.1, -0.05) is 0 Å². The summed E-state index contributed by atoms with van der Waals surface area (Å²) < 4.78 is 0. The molecule has 0 rings (SSSR count). The molecule has 9 heavy (non-hydrogen) atoms. The molecule has 0 N–H and O–H groups in total. The summed E-state index contributed by atoms with van der Waals surface area (Å²) in [6.45, 7) is 0. The molecule has 0 aromatic carbocycles. The fraction of sp³-hybridized carbons (Fsp3) is 0. The number of rotatable bonds is 0. The van der Waals surface area contributed by atoms with Gasteiger partial charge in [0.05, 0.1) is 0 Å². The Morgan fingerprint density at radius 2 is 1.89 bits per heavy atom. The van der Waals surface area contributed by atoms with Gasteiger partial charge in [0.15, 0.2) is 0 Å². The quantitative estimate of drug-likeness (QED) is 0.144. The van der Waals surface area contributed by atoms with Crippen LogP contribution in [0.5, 0.6) is 0 Å². The van der Waals surface area contributed by atoms with Crippen molar-refractivity contribution in [2.45, 2.75) is 0 Å². The molecule has 0 unspecified atom stereocenters. The first-order chi connectivity index (χ1) is 3.91. The van der Waals surface area contributed by atoms with Crippen molar-refractivity contribution >= 4 is 0 Å². The van der Waals surface area contributed by atoms with Gasteiger partial charge in [-0.3, -0.25) is 0 Å². The van der Waals surface area contributed by atoms with Crippen LogP contribution in [0, 0.1) is 36.2 Å². The molecule has 0 bridgehead atoms. The van der Waals surface area contributed by atoms with E-state index >= 15 is 0 Å². The standard InChI is InChI=1S/C6H2O2.Na/c1-2-3-4-5-6-8-7;/h1,7H;/q;+1/p-1. The summed E-state index contributed by atoms with van der Waals surface area (Å²) in [6.07, 6.45) is 6.41. The second-order valence-corrected chi connectivity index (χ2v) is 0.705. The summed E-state index contributed by atoms with van der Waals surface area (Å²) in [7, 11) is 0. The summed E-state index contributed by atoms with van der Waals surface area (Å²) in [5, 5.41) is 9.10. The third-order valence-electron chi connectivity index (χ3n) is 0.290. The van der Waals surface area contributed by atoms with Crippen LogP contribution >= 0.6 is 0 Å². The van der Waals surface area contributed by atoms with Crippen LogP contribution in [0.25, 0.3) is 0 Å². The third-order valence-corrected chi connectivity index (χ3v) is 0.290. The van der Waals surface area contributed by atoms with E-state index in [1.54, 1.807) is 6.11 Å². The minimum Gasteiger partial charge on any atom is -0.653 e. The van der Waals surface area contributed by atoms with E-state index in [1.807, 2.05) is 11.8 Å². The van der Waals surface area contributed by atoms with E-state index in [1.165, 1.54) is 0 Å². The Morgan fingerprint density at radius 3 is 2.33 bits per heavy atom. The zero-order valence-electron chi connectivity index (χ0n) is 4.89. The van der Waals surface area contributed by atoms with Gasteiger partial charge in [-0.2, -0.15) is 0 Å². The molecule has 0 saturated carbocycles. The molecule has 0 aliphatic rings. The topological polar surface area (TPSA) is 32.3 Å². The Morgan fingerprint density at radius 1 is 1.22 bits per heavy atom. The van der Waals surface area contributed by atoms with Crippen LogP contribution in [0.15, 0.2) is 0 Å². The third kappa shape index (κ3) is 11.2. The SMILES string of the molecule is C#CC#CC#CO[O-].[Na+]. The van der Waals surface area contributed by atoms with E-state index in [0.717, 1.165) is 0 Å². The smallest absolute Gasteiger partial charge is 0.653 e. The number of hydrogen-bond acceptors (Lipinski definition) is 2. The van der Waals surface area contributed by atoms with E-state index in [2.05, 4.69) is 16.7 Å². The van der Waals surface area contributed by atoms with Crippen molar-refractivity contribution in [3.8, 4) is 36.2 Å². The summed E-state index contributed by atoms with van der Waals surface area (Å²) in [5.74, 6) is 8.39. The Balaban J connectivity index is 0. The zero-order valence-corrected chi connectivity index (χ0v) is 6.89. The molecule has 0 aliphatic carbocycles. The number of terminal acetylenes is 1. The molecule has 3 heteroatoms. The van der Waals surface area contributed by atoms with Crippen molar-refractivity contribution in [1.82, 2.24) is 0 Å². The van der Waals surface area contributed by atoms with Crippen LogP contribution in [0.4, 0.5) is 0 Å². The van der Waals surface area contributed by atoms with Crippen LogP contribution in [0.3, 0.4) is 0 Å². The maximum absolute atomic E-state index is 9.10. The summed E-state index contributed by atoms with van der Waals surface area (Å²) >= 11 is 0. The molecule has 2 nitrogen and oxygen atoms in total. The van der Waals surface area contributed by atoms with Gasteiger partial charge in [-0.05, 0) is 11.8 Å². The van der Waals surface area contributed by atoms with Crippen LogP contribution in [-0.4, -0.2) is 0 Å². The largest absolute Gasteiger partial charge is 1.00 e. The van der Waals surface area contributed by atoms with Crippen LogP contribution < -0.4 is 34.8 Å². The molecule has 0 heterocycles. The normalized spacial score (nSPS) is 3.56. The predicted molar refractivity (Wildman–Crippen MR) is 25.5 cm³/mol. The molecule has 0 radical (unpaired) electrons. The molecule has 0 amide bonds. The molecule has 0 aliphatic heterocycles. The van der Waals surface area contributed by atoms with Crippen molar-refractivity contribution in [2.24, 2.45) is 0 Å². The second kappa shape index (κ2) is 10.4. The molecule has 0 saturated heterocycles. The van der Waals surface area contributed by atoms with E-state index < -0.39 is 0 Å². The van der Waals surface area contributed by atoms with Crippen molar-refractivity contribution in [3.05, 3.63) is 0 Å². The van der Waals surface area contributed by atoms with Crippen molar-refractivity contribution in [2.75, 3.05) is 0 Å². The fourth-order valence-electron chi connectivity index (χ4n) is 0.114. The van der Waals surface area contributed by atoms with Crippen molar-refractivity contribution < 1.29 is 39.7 Å². The Bertz CT molecular complexity index is 205. The monoisotopic (exact) mass is 128 g/mol. The van der Waals surface area contributed by atoms with Gasteiger partial charge in [0.2, 0.25) is 0 Å². The fourth-order valence-corrected chi connectivity index (χ4v) is 0.114. The maximum Gasteiger partial charge on any atom is 1.00 e. The van der Waals surface area contributed by atoms with E-state index in [-0.39, 0.29) is 29.6 Å². The molecule has 0 aromatic heterocycles. The van der Waals surface area contributed by atoms with Crippen LogP contribution in [-0.2, 0) is 4.89 Å². The minimum atomic E-state index is 0. The number of hydrogen-bond donors (Lipinski definition) is 0. The Labute approximate surface area is 75.8 Å². The molecule has 0 spiro atoms. The molecular weight excluding hydrogens is 127 g/mol. The van der Waals surface area contributed by atoms with Gasteiger partial charge < -0.3 is 10.1 Å². The van der Waals surface area contributed by atoms with E-state index in [4.69, 9.17) is 11.7 Å². The van der Waals surface area contributed by atoms with Gasteiger partial charge in [-0.15, -0.1) is 6.42 Å². The summed E-state index contributed by atoms with van der Waals surface area (Å²) in [5.41, 5.74) is 0. The van der Waals surface area contributed by atoms with Crippen LogP contribution in [0.2, 0.25) is 0 Å². The van der Waals surface area contributed by atoms with Crippen molar-refractivity contribution in [3.63, 3.8) is 0 Å². The molecule has 0 atom stereocenters. The molecular formula is C6HNaO2. The first kappa shape index (κ1) is 11.3. The Kier molecular flexibility index (Phi) is 13.1. The average molecular weight is 128 g/mol. The first-order valence-electron chi connectivity index (χ1n) is 1.66. The van der Waals surface area contributed by atoms with Crippen LogP contribution in [0.1, 0.15) is 0 Å². The second-order valence-electron chi connectivity index (χ2n) is 0.705. The van der Waals surface area contributed by atoms with Gasteiger partial charge in [0.1, 0.15) is 6.11 Å². The van der Waals surface area contributed by atoms with Gasteiger partial charge in [0, 0.05) is 11.8 Å². The molecule has 0 aromatic rings. The Hall–Kier alpha value is -0.560. The first-order valence-corrected chi connectivity index (χ1v) is 1.66. The summed E-state index contributed by atoms with van der Waals surface area (Å²) in [4.78, 5) is 3.11. The maximum atomic E-state index is 9.10. The van der Waals surface area contributed by atoms with E-state index in [9.17, 15) is 0 Å². The minimum absolute atomic E-state index is 0. The zero-order chi connectivity index (χ0) is 6.24. The van der Waals surface area contributed by atoms with E-state index in [0.29, 0.717) is 0 Å². The van der Waals surface area contributed by atoms with Gasteiger partial charge in [0.25, 0.3) is 0 Å². The van der Waals surface area contributed by atoms with Crippen molar-refractivity contribution in [1.29, 1.82) is 0 Å². The predicted octanol–water partition coefficient (Wildman–Crippen LogP) is -4.12. The van der Waals surface area contributed by atoms with Gasteiger partial charge in [-0.25, -0.2) is 0 Å².